The minimum Gasteiger partial charge on any atom is -0.465 e. The molecule has 160 valence electrons. The molecule has 3 rings (SSSR count). The minimum atomic E-state index is -3.92. The molecule has 0 atom stereocenters. The van der Waals surface area contributed by atoms with E-state index in [1.807, 2.05) is 0 Å². The van der Waals surface area contributed by atoms with E-state index in [1.54, 1.807) is 12.1 Å². The number of benzene rings is 2. The average Bonchev–Trinajstić information content (AvgIpc) is 2.77. The summed E-state index contributed by atoms with van der Waals surface area (Å²) in [5.74, 6) is -2.02. The molecule has 2 aromatic carbocycles. The summed E-state index contributed by atoms with van der Waals surface area (Å²) < 4.78 is 50.4. The zero-order valence-electron chi connectivity index (χ0n) is 16.4. The van der Waals surface area contributed by atoms with Crippen molar-refractivity contribution in [2.45, 2.75) is 24.3 Å². The molecule has 30 heavy (non-hydrogen) atoms. The first kappa shape index (κ1) is 21.9. The molecular weight excluding hydrogens is 413 g/mol. The van der Waals surface area contributed by atoms with Crippen molar-refractivity contribution in [3.05, 3.63) is 65.5 Å². The highest BCUT2D eigenvalue weighted by molar-refractivity contribution is 7.89. The number of carbonyl (C=O) groups is 2. The van der Waals surface area contributed by atoms with Gasteiger partial charge in [0.2, 0.25) is 10.0 Å². The molecule has 0 saturated carbocycles. The SMILES string of the molecule is COC(=O)c1ccccc1S(=O)(=O)N1CCC(C(=O)OCc2cccc(F)c2)CC1. The maximum absolute atomic E-state index is 13.2. The zero-order valence-corrected chi connectivity index (χ0v) is 17.2. The van der Waals surface area contributed by atoms with Crippen LogP contribution in [0, 0.1) is 11.7 Å². The summed E-state index contributed by atoms with van der Waals surface area (Å²) in [6.45, 7) is 0.205. The maximum Gasteiger partial charge on any atom is 0.339 e. The molecule has 1 aliphatic rings. The molecule has 0 aliphatic carbocycles. The summed E-state index contributed by atoms with van der Waals surface area (Å²) >= 11 is 0. The summed E-state index contributed by atoms with van der Waals surface area (Å²) in [6, 6.07) is 11.7. The van der Waals surface area contributed by atoms with Gasteiger partial charge in [0, 0.05) is 13.1 Å². The first-order valence-electron chi connectivity index (χ1n) is 9.41. The van der Waals surface area contributed by atoms with Crippen molar-refractivity contribution in [1.29, 1.82) is 0 Å². The smallest absolute Gasteiger partial charge is 0.339 e. The highest BCUT2D eigenvalue weighted by Gasteiger charge is 2.34. The van der Waals surface area contributed by atoms with Crippen LogP contribution in [0.5, 0.6) is 0 Å². The molecule has 0 unspecified atom stereocenters. The molecule has 0 bridgehead atoms. The number of piperidine rings is 1. The van der Waals surface area contributed by atoms with Gasteiger partial charge in [-0.2, -0.15) is 4.31 Å². The van der Waals surface area contributed by atoms with Crippen LogP contribution in [-0.2, 0) is 30.9 Å². The van der Waals surface area contributed by atoms with Crippen molar-refractivity contribution < 1.29 is 31.9 Å². The summed E-state index contributed by atoms with van der Waals surface area (Å²) in [5, 5.41) is 0. The Morgan fingerprint density at radius 1 is 1.10 bits per heavy atom. The van der Waals surface area contributed by atoms with Crippen molar-refractivity contribution >= 4 is 22.0 Å². The second-order valence-electron chi connectivity index (χ2n) is 6.90. The molecule has 0 spiro atoms. The molecule has 7 nitrogen and oxygen atoms in total. The van der Waals surface area contributed by atoms with Crippen LogP contribution >= 0.6 is 0 Å². The summed E-state index contributed by atoms with van der Waals surface area (Å²) in [7, 11) is -2.73. The van der Waals surface area contributed by atoms with Crippen LogP contribution in [0.2, 0.25) is 0 Å². The molecule has 1 aliphatic heterocycles. The van der Waals surface area contributed by atoms with Gasteiger partial charge in [0.25, 0.3) is 0 Å². The van der Waals surface area contributed by atoms with E-state index in [0.717, 1.165) is 0 Å². The van der Waals surface area contributed by atoms with Gasteiger partial charge in [0.1, 0.15) is 12.4 Å². The molecule has 1 saturated heterocycles. The number of esters is 2. The lowest BCUT2D eigenvalue weighted by atomic mass is 9.98. The fraction of sp³-hybridized carbons (Fsp3) is 0.333. The third kappa shape index (κ3) is 4.85. The van der Waals surface area contributed by atoms with Crippen LogP contribution in [0.3, 0.4) is 0 Å². The van der Waals surface area contributed by atoms with E-state index < -0.39 is 33.7 Å². The maximum atomic E-state index is 13.2. The average molecular weight is 435 g/mol. The standard InChI is InChI=1S/C21H22FNO6S/c1-28-21(25)18-7-2-3-8-19(18)30(26,27)23-11-9-16(10-12-23)20(24)29-14-15-5-4-6-17(22)13-15/h2-8,13,16H,9-12,14H2,1H3. The summed E-state index contributed by atoms with van der Waals surface area (Å²) in [5.41, 5.74) is 0.513. The van der Waals surface area contributed by atoms with E-state index in [1.165, 1.54) is 47.8 Å². The summed E-state index contributed by atoms with van der Waals surface area (Å²) in [6.07, 6.45) is 0.587. The zero-order chi connectivity index (χ0) is 21.7. The molecule has 2 aromatic rings. The molecule has 0 radical (unpaired) electrons. The molecule has 9 heteroatoms. The molecular formula is C21H22FNO6S. The van der Waals surface area contributed by atoms with Gasteiger partial charge >= 0.3 is 11.9 Å². The predicted octanol–water partition coefficient (Wildman–Crippen LogP) is 2.76. The van der Waals surface area contributed by atoms with Crippen molar-refractivity contribution in [3.63, 3.8) is 0 Å². The number of hydrogen-bond acceptors (Lipinski definition) is 6. The normalized spacial score (nSPS) is 15.5. The number of methoxy groups -OCH3 is 1. The van der Waals surface area contributed by atoms with Gasteiger partial charge < -0.3 is 9.47 Å². The largest absolute Gasteiger partial charge is 0.465 e. The number of hydrogen-bond donors (Lipinski definition) is 0. The number of ether oxygens (including phenoxy) is 2. The van der Waals surface area contributed by atoms with E-state index in [9.17, 15) is 22.4 Å². The summed E-state index contributed by atoms with van der Waals surface area (Å²) in [4.78, 5) is 24.1. The first-order chi connectivity index (χ1) is 14.3. The second-order valence-corrected chi connectivity index (χ2v) is 8.81. The van der Waals surface area contributed by atoms with E-state index in [0.29, 0.717) is 18.4 Å². The monoisotopic (exact) mass is 435 g/mol. The third-order valence-corrected chi connectivity index (χ3v) is 6.92. The fourth-order valence-corrected chi connectivity index (χ4v) is 4.99. The van der Waals surface area contributed by atoms with Gasteiger partial charge in [-0.1, -0.05) is 24.3 Å². The van der Waals surface area contributed by atoms with E-state index >= 15 is 0 Å². The van der Waals surface area contributed by atoms with Gasteiger partial charge in [0.15, 0.2) is 0 Å². The number of sulfonamides is 1. The van der Waals surface area contributed by atoms with Gasteiger partial charge in [-0.3, -0.25) is 4.79 Å². The number of halogens is 1. The van der Waals surface area contributed by atoms with Crippen LogP contribution < -0.4 is 0 Å². The van der Waals surface area contributed by atoms with E-state index in [2.05, 4.69) is 4.74 Å². The van der Waals surface area contributed by atoms with Crippen LogP contribution in [0.25, 0.3) is 0 Å². The van der Waals surface area contributed by atoms with Gasteiger partial charge in [0.05, 0.1) is 23.5 Å². The third-order valence-electron chi connectivity index (χ3n) is 4.97. The molecule has 1 fully saturated rings. The van der Waals surface area contributed by atoms with Crippen molar-refractivity contribution in [2.24, 2.45) is 5.92 Å². The highest BCUT2D eigenvalue weighted by Crippen LogP contribution is 2.27. The number of carbonyl (C=O) groups excluding carboxylic acids is 2. The Hall–Kier alpha value is -2.78. The molecule has 1 heterocycles. The Bertz CT molecular complexity index is 1030. The van der Waals surface area contributed by atoms with Gasteiger partial charge in [-0.15, -0.1) is 0 Å². The van der Waals surface area contributed by atoms with E-state index in [-0.39, 0.29) is 30.2 Å². The van der Waals surface area contributed by atoms with Gasteiger partial charge in [-0.05, 0) is 42.7 Å². The molecule has 0 aromatic heterocycles. The van der Waals surface area contributed by atoms with Crippen LogP contribution in [0.15, 0.2) is 53.4 Å². The lowest BCUT2D eigenvalue weighted by Crippen LogP contribution is -2.41. The van der Waals surface area contributed by atoms with Crippen molar-refractivity contribution in [2.75, 3.05) is 20.2 Å². The Kier molecular flexibility index (Phi) is 6.84. The quantitative estimate of drug-likeness (QED) is 0.648. The minimum absolute atomic E-state index is 0.0309. The fourth-order valence-electron chi connectivity index (χ4n) is 3.34. The number of nitrogens with zero attached hydrogens (tertiary/aromatic N) is 1. The first-order valence-corrected chi connectivity index (χ1v) is 10.9. The molecule has 0 amide bonds. The van der Waals surface area contributed by atoms with Gasteiger partial charge in [-0.25, -0.2) is 17.6 Å². The second kappa shape index (κ2) is 9.36. The number of rotatable bonds is 6. The van der Waals surface area contributed by atoms with Crippen LogP contribution in [0.1, 0.15) is 28.8 Å². The molecule has 0 N–H and O–H groups in total. The predicted molar refractivity (Wildman–Crippen MR) is 105 cm³/mol. The Labute approximate surface area is 174 Å². The Balaban J connectivity index is 1.62. The van der Waals surface area contributed by atoms with E-state index in [4.69, 9.17) is 4.74 Å². The lowest BCUT2D eigenvalue weighted by Gasteiger charge is -2.30. The van der Waals surface area contributed by atoms with Crippen LogP contribution in [0.4, 0.5) is 4.39 Å². The highest BCUT2D eigenvalue weighted by atomic mass is 32.2. The topological polar surface area (TPSA) is 90.0 Å². The van der Waals surface area contributed by atoms with Crippen LogP contribution in [-0.4, -0.2) is 44.9 Å². The van der Waals surface area contributed by atoms with Crippen molar-refractivity contribution in [1.82, 2.24) is 4.31 Å². The lowest BCUT2D eigenvalue weighted by molar-refractivity contribution is -0.151. The Morgan fingerprint density at radius 3 is 2.47 bits per heavy atom. The van der Waals surface area contributed by atoms with Crippen molar-refractivity contribution in [3.8, 4) is 0 Å². The Morgan fingerprint density at radius 2 is 1.80 bits per heavy atom.